The van der Waals surface area contributed by atoms with E-state index in [0.29, 0.717) is 25.0 Å². The molecule has 2 rings (SSSR count). The first-order valence-corrected chi connectivity index (χ1v) is 6.31. The number of nitrogens with one attached hydrogen (secondary N) is 1. The minimum Gasteiger partial charge on any atom is -0.478 e. The van der Waals surface area contributed by atoms with Crippen LogP contribution in [0, 0.1) is 13.8 Å². The first-order chi connectivity index (χ1) is 9.19. The minimum absolute atomic E-state index is 0.576. The lowest BCUT2D eigenvalue weighted by Gasteiger charge is -2.09. The van der Waals surface area contributed by atoms with E-state index in [2.05, 4.69) is 27.2 Å². The smallest absolute Gasteiger partial charge is 0.226 e. The summed E-state index contributed by atoms with van der Waals surface area (Å²) in [5.41, 5.74) is 3.20. The summed E-state index contributed by atoms with van der Waals surface area (Å²) >= 11 is 0. The number of aromatic nitrogens is 3. The van der Waals surface area contributed by atoms with E-state index in [-0.39, 0.29) is 0 Å². The fourth-order valence-electron chi connectivity index (χ4n) is 1.70. The summed E-state index contributed by atoms with van der Waals surface area (Å²) < 4.78 is 5.40. The second-order valence-electron chi connectivity index (χ2n) is 4.26. The highest BCUT2D eigenvalue weighted by molar-refractivity contribution is 5.33. The molecule has 0 amide bonds. The van der Waals surface area contributed by atoms with Crippen LogP contribution < -0.4 is 10.1 Å². The van der Waals surface area contributed by atoms with Crippen molar-refractivity contribution in [1.29, 1.82) is 0 Å². The molecule has 2 aromatic rings. The first-order valence-electron chi connectivity index (χ1n) is 6.31. The highest BCUT2D eigenvalue weighted by Crippen LogP contribution is 2.13. The van der Waals surface area contributed by atoms with Gasteiger partial charge in [-0.3, -0.25) is 4.98 Å². The third-order valence-electron chi connectivity index (χ3n) is 2.71. The molecule has 0 radical (unpaired) electrons. The summed E-state index contributed by atoms with van der Waals surface area (Å²) in [7, 11) is 0. The molecule has 0 saturated carbocycles. The zero-order valence-corrected chi connectivity index (χ0v) is 11.5. The third kappa shape index (κ3) is 3.64. The van der Waals surface area contributed by atoms with E-state index >= 15 is 0 Å². The van der Waals surface area contributed by atoms with Gasteiger partial charge in [-0.15, -0.1) is 0 Å². The van der Waals surface area contributed by atoms with Crippen LogP contribution in [-0.4, -0.2) is 21.6 Å². The second kappa shape index (κ2) is 6.13. The molecule has 0 aliphatic rings. The van der Waals surface area contributed by atoms with E-state index in [1.807, 2.05) is 32.2 Å². The molecule has 0 aromatic carbocycles. The van der Waals surface area contributed by atoms with E-state index in [1.165, 1.54) is 5.56 Å². The van der Waals surface area contributed by atoms with Crippen molar-refractivity contribution in [1.82, 2.24) is 15.0 Å². The molecule has 100 valence electrons. The largest absolute Gasteiger partial charge is 0.478 e. The highest BCUT2D eigenvalue weighted by atomic mass is 16.5. The molecule has 0 saturated heterocycles. The number of ether oxygens (including phenoxy) is 1. The Morgan fingerprint density at radius 2 is 2.11 bits per heavy atom. The van der Waals surface area contributed by atoms with Crippen LogP contribution in [-0.2, 0) is 6.54 Å². The number of rotatable bonds is 5. The molecule has 0 aliphatic carbocycles. The van der Waals surface area contributed by atoms with Crippen molar-refractivity contribution < 1.29 is 4.74 Å². The molecule has 0 aliphatic heterocycles. The molecule has 5 heteroatoms. The molecule has 0 unspecified atom stereocenters. The van der Waals surface area contributed by atoms with Gasteiger partial charge in [-0.2, -0.15) is 4.98 Å². The number of nitrogens with zero attached hydrogens (tertiary/aromatic N) is 3. The predicted molar refractivity (Wildman–Crippen MR) is 74.2 cm³/mol. The first kappa shape index (κ1) is 13.3. The van der Waals surface area contributed by atoms with E-state index in [9.17, 15) is 0 Å². The molecule has 1 N–H and O–H groups in total. The van der Waals surface area contributed by atoms with Gasteiger partial charge < -0.3 is 10.1 Å². The van der Waals surface area contributed by atoms with Gasteiger partial charge in [0.05, 0.1) is 6.61 Å². The lowest BCUT2D eigenvalue weighted by atomic mass is 10.2. The minimum atomic E-state index is 0.576. The van der Waals surface area contributed by atoms with Crippen LogP contribution in [0.1, 0.15) is 23.7 Å². The molecule has 5 nitrogen and oxygen atoms in total. The second-order valence-corrected chi connectivity index (χ2v) is 4.26. The standard InChI is InChI=1S/C14H18N4O/c1-4-19-13-7-11(3)17-14(18-13)16-9-12-8-15-6-5-10(12)2/h5-8H,4,9H2,1-3H3,(H,16,17,18). The summed E-state index contributed by atoms with van der Waals surface area (Å²) in [6, 6.07) is 3.81. The summed E-state index contributed by atoms with van der Waals surface area (Å²) in [5.74, 6) is 1.17. The van der Waals surface area contributed by atoms with Gasteiger partial charge >= 0.3 is 0 Å². The van der Waals surface area contributed by atoms with Crippen LogP contribution in [0.3, 0.4) is 0 Å². The molecule has 19 heavy (non-hydrogen) atoms. The average molecular weight is 258 g/mol. The Hall–Kier alpha value is -2.17. The van der Waals surface area contributed by atoms with Gasteiger partial charge in [-0.25, -0.2) is 4.98 Å². The average Bonchev–Trinajstić information content (AvgIpc) is 2.37. The van der Waals surface area contributed by atoms with E-state index in [0.717, 1.165) is 11.3 Å². The Labute approximate surface area is 113 Å². The van der Waals surface area contributed by atoms with Gasteiger partial charge in [0.25, 0.3) is 0 Å². The highest BCUT2D eigenvalue weighted by Gasteiger charge is 2.04. The quantitative estimate of drug-likeness (QED) is 0.892. The van der Waals surface area contributed by atoms with Gasteiger partial charge in [0.15, 0.2) is 0 Å². The number of hydrogen-bond donors (Lipinski definition) is 1. The van der Waals surface area contributed by atoms with E-state index in [1.54, 1.807) is 6.20 Å². The van der Waals surface area contributed by atoms with Crippen LogP contribution >= 0.6 is 0 Å². The SMILES string of the molecule is CCOc1cc(C)nc(NCc2cnccc2C)n1. The topological polar surface area (TPSA) is 59.9 Å². The van der Waals surface area contributed by atoms with Crippen molar-refractivity contribution in [3.8, 4) is 5.88 Å². The van der Waals surface area contributed by atoms with Crippen molar-refractivity contribution in [2.45, 2.75) is 27.3 Å². The third-order valence-corrected chi connectivity index (χ3v) is 2.71. The molecular formula is C14H18N4O. The number of aryl methyl sites for hydroxylation is 2. The molecule has 0 fully saturated rings. The van der Waals surface area contributed by atoms with Crippen molar-refractivity contribution in [2.75, 3.05) is 11.9 Å². The lowest BCUT2D eigenvalue weighted by molar-refractivity contribution is 0.326. The number of hydrogen-bond acceptors (Lipinski definition) is 5. The summed E-state index contributed by atoms with van der Waals surface area (Å²) in [6.45, 7) is 7.15. The Morgan fingerprint density at radius 3 is 2.84 bits per heavy atom. The Morgan fingerprint density at radius 1 is 1.26 bits per heavy atom. The predicted octanol–water partition coefficient (Wildman–Crippen LogP) is 2.50. The summed E-state index contributed by atoms with van der Waals surface area (Å²) in [6.07, 6.45) is 3.64. The number of anilines is 1. The molecule has 0 bridgehead atoms. The van der Waals surface area contributed by atoms with Crippen LogP contribution in [0.25, 0.3) is 0 Å². The summed E-state index contributed by atoms with van der Waals surface area (Å²) in [5, 5.41) is 3.20. The lowest BCUT2D eigenvalue weighted by Crippen LogP contribution is -2.07. The molecule has 0 atom stereocenters. The maximum Gasteiger partial charge on any atom is 0.226 e. The van der Waals surface area contributed by atoms with Crippen molar-refractivity contribution in [2.24, 2.45) is 0 Å². The van der Waals surface area contributed by atoms with Crippen LogP contribution in [0.15, 0.2) is 24.5 Å². The molecule has 2 aromatic heterocycles. The Kier molecular flexibility index (Phi) is 4.28. The van der Waals surface area contributed by atoms with Crippen LogP contribution in [0.2, 0.25) is 0 Å². The zero-order chi connectivity index (χ0) is 13.7. The van der Waals surface area contributed by atoms with Crippen LogP contribution in [0.4, 0.5) is 5.95 Å². The molecule has 2 heterocycles. The van der Waals surface area contributed by atoms with Gasteiger partial charge in [-0.05, 0) is 38.0 Å². The monoisotopic (exact) mass is 258 g/mol. The van der Waals surface area contributed by atoms with Crippen molar-refractivity contribution in [3.05, 3.63) is 41.3 Å². The van der Waals surface area contributed by atoms with Gasteiger partial charge in [0.2, 0.25) is 11.8 Å². The zero-order valence-electron chi connectivity index (χ0n) is 11.5. The van der Waals surface area contributed by atoms with Crippen molar-refractivity contribution in [3.63, 3.8) is 0 Å². The maximum atomic E-state index is 5.40. The van der Waals surface area contributed by atoms with E-state index < -0.39 is 0 Å². The normalized spacial score (nSPS) is 10.3. The molecule has 0 spiro atoms. The summed E-state index contributed by atoms with van der Waals surface area (Å²) in [4.78, 5) is 12.8. The molecular weight excluding hydrogens is 240 g/mol. The Bertz CT molecular complexity index is 557. The van der Waals surface area contributed by atoms with Crippen molar-refractivity contribution >= 4 is 5.95 Å². The van der Waals surface area contributed by atoms with Gasteiger partial charge in [0, 0.05) is 30.7 Å². The maximum absolute atomic E-state index is 5.40. The van der Waals surface area contributed by atoms with Gasteiger partial charge in [-0.1, -0.05) is 0 Å². The fourth-order valence-corrected chi connectivity index (χ4v) is 1.70. The van der Waals surface area contributed by atoms with Gasteiger partial charge in [0.1, 0.15) is 0 Å². The van der Waals surface area contributed by atoms with Crippen LogP contribution in [0.5, 0.6) is 5.88 Å². The number of pyridine rings is 1. The Balaban J connectivity index is 2.09. The van der Waals surface area contributed by atoms with E-state index in [4.69, 9.17) is 4.74 Å². The fraction of sp³-hybridized carbons (Fsp3) is 0.357.